The minimum absolute atomic E-state index is 0.237. The Morgan fingerprint density at radius 1 is 1.12 bits per heavy atom. The first-order valence-electron chi connectivity index (χ1n) is 8.61. The molecule has 1 N–H and O–H groups in total. The Morgan fingerprint density at radius 2 is 1.88 bits per heavy atom. The molecule has 0 bridgehead atoms. The summed E-state index contributed by atoms with van der Waals surface area (Å²) >= 11 is 6.38. The molecule has 1 aliphatic rings. The molecule has 0 spiro atoms. The van der Waals surface area contributed by atoms with E-state index in [1.165, 1.54) is 0 Å². The number of benzene rings is 1. The number of halogens is 1. The molecule has 1 aliphatic heterocycles. The van der Waals surface area contributed by atoms with Crippen molar-refractivity contribution in [2.24, 2.45) is 0 Å². The summed E-state index contributed by atoms with van der Waals surface area (Å²) in [4.78, 5) is 12.0. The largest absolute Gasteiger partial charge is 0.353 e. The highest BCUT2D eigenvalue weighted by molar-refractivity contribution is 6.32. The van der Waals surface area contributed by atoms with Gasteiger partial charge in [0.05, 0.1) is 22.3 Å². The zero-order valence-corrected chi connectivity index (χ0v) is 15.2. The summed E-state index contributed by atoms with van der Waals surface area (Å²) in [6, 6.07) is 7.69. The number of hydrogen-bond acceptors (Lipinski definition) is 5. The second kappa shape index (κ2) is 6.61. The third-order valence-electron chi connectivity index (χ3n) is 4.44. The summed E-state index contributed by atoms with van der Waals surface area (Å²) in [5.41, 5.74) is 1.64. The van der Waals surface area contributed by atoms with Crippen LogP contribution in [0.5, 0.6) is 0 Å². The molecule has 3 aromatic rings. The van der Waals surface area contributed by atoms with Crippen LogP contribution < -0.4 is 10.2 Å². The van der Waals surface area contributed by atoms with E-state index >= 15 is 0 Å². The third-order valence-corrected chi connectivity index (χ3v) is 4.76. The fraction of sp³-hybridized carbons (Fsp3) is 0.389. The molecule has 25 heavy (non-hydrogen) atoms. The predicted molar refractivity (Wildman–Crippen MR) is 101 cm³/mol. The maximum Gasteiger partial charge on any atom is 0.168 e. The van der Waals surface area contributed by atoms with Gasteiger partial charge in [-0.3, -0.25) is 0 Å². The van der Waals surface area contributed by atoms with E-state index in [2.05, 4.69) is 29.2 Å². The molecular formula is C18H21ClN6. The van der Waals surface area contributed by atoms with Gasteiger partial charge >= 0.3 is 0 Å². The van der Waals surface area contributed by atoms with Gasteiger partial charge in [0.1, 0.15) is 11.6 Å². The Bertz CT molecular complexity index is 898. The average molecular weight is 357 g/mol. The highest BCUT2D eigenvalue weighted by atomic mass is 35.5. The number of hydrogen-bond donors (Lipinski definition) is 1. The van der Waals surface area contributed by atoms with Crippen molar-refractivity contribution < 1.29 is 0 Å². The van der Waals surface area contributed by atoms with Gasteiger partial charge in [0.15, 0.2) is 5.65 Å². The molecule has 0 amide bonds. The Balaban J connectivity index is 1.93. The lowest BCUT2D eigenvalue weighted by Crippen LogP contribution is -2.44. The molecule has 7 heteroatoms. The fourth-order valence-corrected chi connectivity index (χ4v) is 3.30. The minimum Gasteiger partial charge on any atom is -0.353 e. The summed E-state index contributed by atoms with van der Waals surface area (Å²) in [7, 11) is 0. The zero-order valence-electron chi connectivity index (χ0n) is 14.4. The number of rotatable bonds is 3. The third kappa shape index (κ3) is 2.96. The van der Waals surface area contributed by atoms with E-state index in [-0.39, 0.29) is 5.92 Å². The minimum atomic E-state index is 0.237. The number of piperazine rings is 1. The van der Waals surface area contributed by atoms with E-state index in [0.717, 1.165) is 54.5 Å². The molecule has 0 aliphatic carbocycles. The van der Waals surface area contributed by atoms with E-state index in [1.807, 2.05) is 35.1 Å². The maximum atomic E-state index is 6.38. The molecule has 1 saturated heterocycles. The van der Waals surface area contributed by atoms with Crippen LogP contribution in [0.15, 0.2) is 30.5 Å². The normalized spacial score (nSPS) is 15.3. The standard InChI is InChI=1S/C18H21ClN6/c1-12(2)16-22-17(24-9-7-20-8-10-24)13-11-21-25(18(13)23-16)15-6-4-3-5-14(15)19/h3-6,11-12,20H,7-10H2,1-2H3. The second-order valence-electron chi connectivity index (χ2n) is 6.54. The number of anilines is 1. The summed E-state index contributed by atoms with van der Waals surface area (Å²) < 4.78 is 1.82. The number of nitrogens with one attached hydrogen (secondary N) is 1. The lowest BCUT2D eigenvalue weighted by Gasteiger charge is -2.29. The van der Waals surface area contributed by atoms with Gasteiger partial charge in [-0.05, 0) is 12.1 Å². The first kappa shape index (κ1) is 16.3. The highest BCUT2D eigenvalue weighted by Crippen LogP contribution is 2.29. The lowest BCUT2D eigenvalue weighted by atomic mass is 10.2. The molecule has 1 fully saturated rings. The first-order valence-corrected chi connectivity index (χ1v) is 8.99. The Labute approximate surface area is 151 Å². The van der Waals surface area contributed by atoms with Crippen molar-refractivity contribution in [2.75, 3.05) is 31.1 Å². The molecule has 3 heterocycles. The van der Waals surface area contributed by atoms with Crippen LogP contribution >= 0.6 is 11.6 Å². The summed E-state index contributed by atoms with van der Waals surface area (Å²) in [6.07, 6.45) is 1.85. The van der Waals surface area contributed by atoms with Crippen LogP contribution in [0, 0.1) is 0 Å². The van der Waals surface area contributed by atoms with Crippen LogP contribution in [0.1, 0.15) is 25.6 Å². The number of nitrogens with zero attached hydrogens (tertiary/aromatic N) is 5. The van der Waals surface area contributed by atoms with Crippen molar-refractivity contribution in [1.29, 1.82) is 0 Å². The number of para-hydroxylation sites is 1. The van der Waals surface area contributed by atoms with Crippen LogP contribution in [0.3, 0.4) is 0 Å². The van der Waals surface area contributed by atoms with Crippen molar-refractivity contribution in [3.8, 4) is 5.69 Å². The van der Waals surface area contributed by atoms with Crippen LogP contribution in [-0.4, -0.2) is 45.9 Å². The molecule has 0 unspecified atom stereocenters. The van der Waals surface area contributed by atoms with Gasteiger partial charge < -0.3 is 10.2 Å². The summed E-state index contributed by atoms with van der Waals surface area (Å²) in [5.74, 6) is 2.03. The zero-order chi connectivity index (χ0) is 17.4. The van der Waals surface area contributed by atoms with Gasteiger partial charge in [-0.2, -0.15) is 5.10 Å². The van der Waals surface area contributed by atoms with Gasteiger partial charge in [0.25, 0.3) is 0 Å². The van der Waals surface area contributed by atoms with E-state index in [1.54, 1.807) is 0 Å². The predicted octanol–water partition coefficient (Wildman–Crippen LogP) is 3.00. The molecule has 130 valence electrons. The van der Waals surface area contributed by atoms with Gasteiger partial charge in [0.2, 0.25) is 0 Å². The van der Waals surface area contributed by atoms with Gasteiger partial charge in [-0.25, -0.2) is 14.6 Å². The van der Waals surface area contributed by atoms with Crippen molar-refractivity contribution >= 4 is 28.5 Å². The molecule has 0 atom stereocenters. The van der Waals surface area contributed by atoms with Crippen molar-refractivity contribution in [2.45, 2.75) is 19.8 Å². The van der Waals surface area contributed by atoms with E-state index < -0.39 is 0 Å². The summed E-state index contributed by atoms with van der Waals surface area (Å²) in [5, 5.41) is 9.57. The summed E-state index contributed by atoms with van der Waals surface area (Å²) in [6.45, 7) is 8.00. The Hall–Kier alpha value is -2.18. The molecule has 6 nitrogen and oxygen atoms in total. The van der Waals surface area contributed by atoms with Crippen LogP contribution in [-0.2, 0) is 0 Å². The average Bonchev–Trinajstić information content (AvgIpc) is 3.06. The van der Waals surface area contributed by atoms with Crippen LogP contribution in [0.25, 0.3) is 16.7 Å². The van der Waals surface area contributed by atoms with E-state index in [4.69, 9.17) is 21.6 Å². The number of fused-ring (bicyclic) bond motifs is 1. The SMILES string of the molecule is CC(C)c1nc(N2CCNCC2)c2cnn(-c3ccccc3Cl)c2n1. The molecular weight excluding hydrogens is 336 g/mol. The lowest BCUT2D eigenvalue weighted by molar-refractivity contribution is 0.584. The Morgan fingerprint density at radius 3 is 2.60 bits per heavy atom. The van der Waals surface area contributed by atoms with Crippen molar-refractivity contribution in [3.63, 3.8) is 0 Å². The smallest absolute Gasteiger partial charge is 0.168 e. The Kier molecular flexibility index (Phi) is 4.31. The second-order valence-corrected chi connectivity index (χ2v) is 6.95. The van der Waals surface area contributed by atoms with Crippen LogP contribution in [0.2, 0.25) is 5.02 Å². The first-order chi connectivity index (χ1) is 12.1. The molecule has 1 aromatic carbocycles. The van der Waals surface area contributed by atoms with Gasteiger partial charge in [-0.15, -0.1) is 0 Å². The topological polar surface area (TPSA) is 58.9 Å². The number of aromatic nitrogens is 4. The van der Waals surface area contributed by atoms with Gasteiger partial charge in [0, 0.05) is 32.1 Å². The van der Waals surface area contributed by atoms with Crippen molar-refractivity contribution in [1.82, 2.24) is 25.1 Å². The van der Waals surface area contributed by atoms with Gasteiger partial charge in [-0.1, -0.05) is 37.6 Å². The van der Waals surface area contributed by atoms with Crippen molar-refractivity contribution in [3.05, 3.63) is 41.3 Å². The molecule has 0 radical (unpaired) electrons. The van der Waals surface area contributed by atoms with E-state index in [9.17, 15) is 0 Å². The molecule has 0 saturated carbocycles. The highest BCUT2D eigenvalue weighted by Gasteiger charge is 2.21. The quantitative estimate of drug-likeness (QED) is 0.781. The molecule has 4 rings (SSSR count). The van der Waals surface area contributed by atoms with Crippen LogP contribution in [0.4, 0.5) is 5.82 Å². The fourth-order valence-electron chi connectivity index (χ4n) is 3.09. The van der Waals surface area contributed by atoms with E-state index in [0.29, 0.717) is 5.02 Å². The molecule has 2 aromatic heterocycles. The monoisotopic (exact) mass is 356 g/mol. The maximum absolute atomic E-state index is 6.38.